The van der Waals surface area contributed by atoms with Gasteiger partial charge in [-0.05, 0) is 38.6 Å². The minimum absolute atomic E-state index is 0.436. The van der Waals surface area contributed by atoms with Crippen molar-refractivity contribution in [2.45, 2.75) is 25.9 Å². The molecule has 4 nitrogen and oxygen atoms in total. The van der Waals surface area contributed by atoms with Crippen LogP contribution in [0.2, 0.25) is 0 Å². The van der Waals surface area contributed by atoms with Crippen LogP contribution in [-0.4, -0.2) is 48.2 Å². The van der Waals surface area contributed by atoms with E-state index in [-0.39, 0.29) is 0 Å². The third-order valence-electron chi connectivity index (χ3n) is 3.58. The smallest absolute Gasteiger partial charge is 0.0957 e. The molecule has 0 saturated carbocycles. The van der Waals surface area contributed by atoms with Crippen molar-refractivity contribution in [1.82, 2.24) is 9.88 Å². The van der Waals surface area contributed by atoms with Crippen LogP contribution in [0.3, 0.4) is 0 Å². The SMILES string of the molecule is CC[C@H](O)c1ccc(N2CCCN(C)CC2)cn1. The van der Waals surface area contributed by atoms with E-state index in [4.69, 9.17) is 0 Å². The molecule has 0 bridgehead atoms. The number of likely N-dealkylation sites (N-methyl/N-ethyl adjacent to an activating group) is 1. The third-order valence-corrected chi connectivity index (χ3v) is 3.58. The Bertz CT molecular complexity index is 366. The summed E-state index contributed by atoms with van der Waals surface area (Å²) < 4.78 is 0. The molecule has 1 aromatic rings. The highest BCUT2D eigenvalue weighted by atomic mass is 16.3. The maximum atomic E-state index is 9.73. The molecule has 4 heteroatoms. The standard InChI is InChI=1S/C14H23N3O/c1-3-14(18)13-6-5-12(11-15-13)17-8-4-7-16(2)9-10-17/h5-6,11,14,18H,3-4,7-10H2,1-2H3/t14-/m0/s1. The van der Waals surface area contributed by atoms with Crippen LogP contribution < -0.4 is 4.90 Å². The Labute approximate surface area is 109 Å². The van der Waals surface area contributed by atoms with Crippen LogP contribution >= 0.6 is 0 Å². The largest absolute Gasteiger partial charge is 0.387 e. The average Bonchev–Trinajstić information content (AvgIpc) is 2.63. The van der Waals surface area contributed by atoms with Gasteiger partial charge in [0.15, 0.2) is 0 Å². The quantitative estimate of drug-likeness (QED) is 0.884. The lowest BCUT2D eigenvalue weighted by molar-refractivity contribution is 0.169. The maximum Gasteiger partial charge on any atom is 0.0957 e. The zero-order chi connectivity index (χ0) is 13.0. The fourth-order valence-corrected chi connectivity index (χ4v) is 2.30. The van der Waals surface area contributed by atoms with Crippen molar-refractivity contribution in [2.24, 2.45) is 0 Å². The van der Waals surface area contributed by atoms with Gasteiger partial charge in [0.05, 0.1) is 23.7 Å². The Hall–Kier alpha value is -1.13. The number of aliphatic hydroxyl groups is 1. The second-order valence-corrected chi connectivity index (χ2v) is 5.01. The highest BCUT2D eigenvalue weighted by molar-refractivity contribution is 5.44. The first-order valence-corrected chi connectivity index (χ1v) is 6.78. The normalized spacial score (nSPS) is 19.6. The lowest BCUT2D eigenvalue weighted by atomic mass is 10.2. The second kappa shape index (κ2) is 6.16. The fourth-order valence-electron chi connectivity index (χ4n) is 2.30. The van der Waals surface area contributed by atoms with Crippen LogP contribution in [0.15, 0.2) is 18.3 Å². The number of hydrogen-bond donors (Lipinski definition) is 1. The summed E-state index contributed by atoms with van der Waals surface area (Å²) in [5.41, 5.74) is 1.94. The van der Waals surface area contributed by atoms with Crippen molar-refractivity contribution in [1.29, 1.82) is 0 Å². The van der Waals surface area contributed by atoms with E-state index in [1.54, 1.807) is 0 Å². The first kappa shape index (κ1) is 13.3. The summed E-state index contributed by atoms with van der Waals surface area (Å²) in [5, 5.41) is 9.73. The number of rotatable bonds is 3. The average molecular weight is 249 g/mol. The molecule has 0 amide bonds. The number of anilines is 1. The molecule has 1 saturated heterocycles. The van der Waals surface area contributed by atoms with E-state index >= 15 is 0 Å². The number of hydrogen-bond acceptors (Lipinski definition) is 4. The van der Waals surface area contributed by atoms with Gasteiger partial charge in [-0.3, -0.25) is 4.98 Å². The van der Waals surface area contributed by atoms with Crippen LogP contribution in [0.25, 0.3) is 0 Å². The molecule has 0 radical (unpaired) electrons. The molecular formula is C14H23N3O. The van der Waals surface area contributed by atoms with Gasteiger partial charge in [-0.2, -0.15) is 0 Å². The van der Waals surface area contributed by atoms with E-state index in [0.717, 1.165) is 37.6 Å². The first-order chi connectivity index (χ1) is 8.70. The summed E-state index contributed by atoms with van der Waals surface area (Å²) in [6.45, 7) is 6.36. The van der Waals surface area contributed by atoms with Crippen molar-refractivity contribution < 1.29 is 5.11 Å². The molecule has 2 rings (SSSR count). The molecule has 0 aromatic carbocycles. The zero-order valence-electron chi connectivity index (χ0n) is 11.3. The fraction of sp³-hybridized carbons (Fsp3) is 0.643. The molecule has 0 aliphatic carbocycles. The van der Waals surface area contributed by atoms with Gasteiger partial charge in [0.25, 0.3) is 0 Å². The van der Waals surface area contributed by atoms with Gasteiger partial charge < -0.3 is 14.9 Å². The molecule has 1 aliphatic heterocycles. The molecule has 100 valence electrons. The number of pyridine rings is 1. The van der Waals surface area contributed by atoms with E-state index in [0.29, 0.717) is 6.42 Å². The number of nitrogens with zero attached hydrogens (tertiary/aromatic N) is 3. The Morgan fingerprint density at radius 3 is 2.78 bits per heavy atom. The van der Waals surface area contributed by atoms with Gasteiger partial charge in [-0.25, -0.2) is 0 Å². The van der Waals surface area contributed by atoms with Crippen LogP contribution in [-0.2, 0) is 0 Å². The summed E-state index contributed by atoms with van der Waals surface area (Å²) in [5.74, 6) is 0. The second-order valence-electron chi connectivity index (χ2n) is 5.01. The van der Waals surface area contributed by atoms with Crippen LogP contribution in [0, 0.1) is 0 Å². The van der Waals surface area contributed by atoms with Gasteiger partial charge in [-0.15, -0.1) is 0 Å². The Balaban J connectivity index is 2.04. The number of aliphatic hydroxyl groups excluding tert-OH is 1. The van der Waals surface area contributed by atoms with Crippen molar-refractivity contribution in [3.8, 4) is 0 Å². The van der Waals surface area contributed by atoms with Crippen molar-refractivity contribution in [3.05, 3.63) is 24.0 Å². The molecule has 1 aromatic heterocycles. The summed E-state index contributed by atoms with van der Waals surface area (Å²) >= 11 is 0. The molecule has 2 heterocycles. The Morgan fingerprint density at radius 2 is 2.11 bits per heavy atom. The van der Waals surface area contributed by atoms with Crippen LogP contribution in [0.1, 0.15) is 31.6 Å². The van der Waals surface area contributed by atoms with Gasteiger partial charge in [0, 0.05) is 19.6 Å². The van der Waals surface area contributed by atoms with E-state index < -0.39 is 6.10 Å². The van der Waals surface area contributed by atoms with Crippen molar-refractivity contribution >= 4 is 5.69 Å². The lowest BCUT2D eigenvalue weighted by Crippen LogP contribution is -2.28. The van der Waals surface area contributed by atoms with Crippen molar-refractivity contribution in [3.63, 3.8) is 0 Å². The van der Waals surface area contributed by atoms with Crippen LogP contribution in [0.4, 0.5) is 5.69 Å². The summed E-state index contributed by atoms with van der Waals surface area (Å²) in [4.78, 5) is 9.11. The molecule has 0 spiro atoms. The molecular weight excluding hydrogens is 226 g/mol. The van der Waals surface area contributed by atoms with Gasteiger partial charge >= 0.3 is 0 Å². The molecule has 1 N–H and O–H groups in total. The molecule has 0 unspecified atom stereocenters. The summed E-state index contributed by atoms with van der Waals surface area (Å²) in [6, 6.07) is 4.02. The van der Waals surface area contributed by atoms with E-state index in [1.165, 1.54) is 6.42 Å². The predicted molar refractivity (Wildman–Crippen MR) is 73.8 cm³/mol. The molecule has 18 heavy (non-hydrogen) atoms. The van der Waals surface area contributed by atoms with Crippen LogP contribution in [0.5, 0.6) is 0 Å². The molecule has 1 atom stereocenters. The first-order valence-electron chi connectivity index (χ1n) is 6.78. The van der Waals surface area contributed by atoms with Gasteiger partial charge in [0.1, 0.15) is 0 Å². The van der Waals surface area contributed by atoms with Crippen molar-refractivity contribution in [2.75, 3.05) is 38.1 Å². The lowest BCUT2D eigenvalue weighted by Gasteiger charge is -2.22. The predicted octanol–water partition coefficient (Wildman–Crippen LogP) is 1.67. The Kier molecular flexibility index (Phi) is 4.55. The Morgan fingerprint density at radius 1 is 1.28 bits per heavy atom. The summed E-state index contributed by atoms with van der Waals surface area (Å²) in [7, 11) is 2.17. The van der Waals surface area contributed by atoms with E-state index in [1.807, 2.05) is 19.2 Å². The number of aromatic nitrogens is 1. The highest BCUT2D eigenvalue weighted by Gasteiger charge is 2.13. The maximum absolute atomic E-state index is 9.73. The van der Waals surface area contributed by atoms with E-state index in [2.05, 4.69) is 27.9 Å². The monoisotopic (exact) mass is 249 g/mol. The van der Waals surface area contributed by atoms with Gasteiger partial charge in [0.2, 0.25) is 0 Å². The molecule has 1 fully saturated rings. The highest BCUT2D eigenvalue weighted by Crippen LogP contribution is 2.19. The van der Waals surface area contributed by atoms with Gasteiger partial charge in [-0.1, -0.05) is 6.92 Å². The minimum atomic E-state index is -0.436. The zero-order valence-corrected chi connectivity index (χ0v) is 11.3. The van der Waals surface area contributed by atoms with E-state index in [9.17, 15) is 5.11 Å². The minimum Gasteiger partial charge on any atom is -0.387 e. The third kappa shape index (κ3) is 3.21. The topological polar surface area (TPSA) is 39.6 Å². The summed E-state index contributed by atoms with van der Waals surface area (Å²) in [6.07, 6.45) is 3.35. The molecule has 1 aliphatic rings.